The number of halogens is 1. The molecule has 0 atom stereocenters. The molecule has 0 aliphatic carbocycles. The van der Waals surface area contributed by atoms with Gasteiger partial charge in [-0.3, -0.25) is 8.77 Å². The van der Waals surface area contributed by atoms with E-state index in [1.54, 1.807) is 20.8 Å². The highest BCUT2D eigenvalue weighted by molar-refractivity contribution is 7.78. The van der Waals surface area contributed by atoms with Gasteiger partial charge in [0.05, 0.1) is 31.6 Å². The van der Waals surface area contributed by atoms with E-state index in [9.17, 15) is 9.18 Å². The number of anilines is 1. The molecule has 1 aliphatic rings. The molecule has 3 aromatic heterocycles. The Hall–Kier alpha value is -3.10. The molecule has 6 nitrogen and oxygen atoms in total. The smallest absolute Gasteiger partial charge is 0.251 e. The Labute approximate surface area is 204 Å². The summed E-state index contributed by atoms with van der Waals surface area (Å²) in [6, 6.07) is 10.4. The van der Waals surface area contributed by atoms with E-state index in [0.717, 1.165) is 52.1 Å². The fraction of sp³-hybridized carbons (Fsp3) is 0.308. The van der Waals surface area contributed by atoms with E-state index >= 15 is 0 Å². The number of aryl methyl sites for hydroxylation is 1. The quantitative estimate of drug-likeness (QED) is 0.422. The van der Waals surface area contributed by atoms with Gasteiger partial charge in [0.15, 0.2) is 5.65 Å². The number of hydrogen-bond donors (Lipinski definition) is 1. The van der Waals surface area contributed by atoms with Crippen LogP contribution in [-0.4, -0.2) is 39.8 Å². The van der Waals surface area contributed by atoms with Gasteiger partial charge in [-0.25, -0.2) is 9.37 Å². The van der Waals surface area contributed by atoms with Crippen LogP contribution in [0.1, 0.15) is 25.0 Å². The first-order chi connectivity index (χ1) is 16.5. The van der Waals surface area contributed by atoms with Gasteiger partial charge in [-0.1, -0.05) is 32.7 Å². The summed E-state index contributed by atoms with van der Waals surface area (Å²) in [5.41, 5.74) is 4.88. The maximum atomic E-state index is 13.7. The molecular formula is C26H29FN4O2S. The second-order valence-electron chi connectivity index (χ2n) is 8.07. The Morgan fingerprint density at radius 2 is 1.88 bits per heavy atom. The number of ether oxygens (including phenoxy) is 1. The number of morpholine rings is 1. The van der Waals surface area contributed by atoms with Crippen LogP contribution in [0.3, 0.4) is 0 Å². The molecule has 0 N–H and O–H groups in total. The highest BCUT2D eigenvalue weighted by Gasteiger charge is 2.16. The monoisotopic (exact) mass is 480 g/mol. The average Bonchev–Trinajstić information content (AvgIpc) is 3.17. The number of aromatic nitrogens is 3. The molecule has 1 aromatic carbocycles. The highest BCUT2D eigenvalue weighted by Crippen LogP contribution is 2.32. The van der Waals surface area contributed by atoms with Crippen molar-refractivity contribution in [1.82, 2.24) is 13.5 Å². The van der Waals surface area contributed by atoms with Gasteiger partial charge < -0.3 is 14.2 Å². The molecule has 34 heavy (non-hydrogen) atoms. The third kappa shape index (κ3) is 5.03. The third-order valence-corrected chi connectivity index (χ3v) is 6.05. The predicted octanol–water partition coefficient (Wildman–Crippen LogP) is 4.92. The van der Waals surface area contributed by atoms with Gasteiger partial charge in [0, 0.05) is 42.5 Å². The number of hydrogen-bond acceptors (Lipinski definition) is 5. The first kappa shape index (κ1) is 24.0. The van der Waals surface area contributed by atoms with Gasteiger partial charge in [0.1, 0.15) is 5.82 Å². The third-order valence-electron chi connectivity index (χ3n) is 5.75. The molecule has 4 aromatic rings. The van der Waals surface area contributed by atoms with Crippen molar-refractivity contribution in [3.05, 3.63) is 82.3 Å². The Kier molecular flexibility index (Phi) is 7.38. The van der Waals surface area contributed by atoms with Crippen molar-refractivity contribution in [2.45, 2.75) is 27.3 Å². The fourth-order valence-electron chi connectivity index (χ4n) is 4.21. The topological polar surface area (TPSA) is 52.3 Å². The van der Waals surface area contributed by atoms with Crippen molar-refractivity contribution in [2.24, 2.45) is 0 Å². The van der Waals surface area contributed by atoms with E-state index in [4.69, 9.17) is 4.74 Å². The van der Waals surface area contributed by atoms with Crippen LogP contribution >= 0.6 is 12.8 Å². The Morgan fingerprint density at radius 1 is 1.12 bits per heavy atom. The van der Waals surface area contributed by atoms with Crippen LogP contribution in [0.2, 0.25) is 0 Å². The summed E-state index contributed by atoms with van der Waals surface area (Å²) in [4.78, 5) is 19.7. The summed E-state index contributed by atoms with van der Waals surface area (Å²) in [5.74, 6) is -0.296. The number of thiol groups is 1. The Bertz CT molecular complexity index is 1340. The predicted molar refractivity (Wildman–Crippen MR) is 138 cm³/mol. The van der Waals surface area contributed by atoms with Crippen LogP contribution in [0.25, 0.3) is 22.2 Å². The lowest BCUT2D eigenvalue weighted by Gasteiger charge is -2.28. The molecule has 178 valence electrons. The molecule has 0 saturated carbocycles. The van der Waals surface area contributed by atoms with Crippen LogP contribution in [0.4, 0.5) is 10.1 Å². The van der Waals surface area contributed by atoms with Crippen LogP contribution in [0.5, 0.6) is 0 Å². The summed E-state index contributed by atoms with van der Waals surface area (Å²) in [6.45, 7) is 9.18. The highest BCUT2D eigenvalue weighted by atomic mass is 32.1. The normalized spacial score (nSPS) is 13.6. The minimum Gasteiger partial charge on any atom is -0.378 e. The zero-order chi connectivity index (χ0) is 24.2. The number of nitrogens with zero attached hydrogens (tertiary/aromatic N) is 4. The molecule has 1 aliphatic heterocycles. The van der Waals surface area contributed by atoms with E-state index in [0.29, 0.717) is 19.8 Å². The van der Waals surface area contributed by atoms with Crippen molar-refractivity contribution in [2.75, 3.05) is 31.2 Å². The number of rotatable bonds is 4. The minimum absolute atomic E-state index is 0.151. The van der Waals surface area contributed by atoms with Crippen molar-refractivity contribution in [3.8, 4) is 11.1 Å². The van der Waals surface area contributed by atoms with Crippen LogP contribution < -0.4 is 10.5 Å². The maximum Gasteiger partial charge on any atom is 0.251 e. The number of pyridine rings is 2. The standard InChI is InChI=1S/C24H23FN4O2S.C2H6/c1-16-8-17(10-19(25)9-16)14-28-3-2-18(11-23(28)30)22-15-29(32)24-21(22)12-20(13-26-24)27-4-6-31-7-5-27;1-2/h2-3,8-13,15,32H,4-7,14H2,1H3;1-2H3. The molecular weight excluding hydrogens is 451 g/mol. The molecule has 1 fully saturated rings. The number of fused-ring (bicyclic) bond motifs is 1. The molecule has 8 heteroatoms. The van der Waals surface area contributed by atoms with Gasteiger partial charge in [-0.05, 0) is 47.9 Å². The molecule has 1 saturated heterocycles. The fourth-order valence-corrected chi connectivity index (χ4v) is 4.49. The molecule has 0 unspecified atom stereocenters. The first-order valence-corrected chi connectivity index (χ1v) is 11.9. The van der Waals surface area contributed by atoms with Gasteiger partial charge in [-0.2, -0.15) is 0 Å². The van der Waals surface area contributed by atoms with Crippen molar-refractivity contribution < 1.29 is 9.13 Å². The van der Waals surface area contributed by atoms with E-state index in [1.165, 1.54) is 12.1 Å². The van der Waals surface area contributed by atoms with Crippen LogP contribution in [0.15, 0.2) is 59.8 Å². The van der Waals surface area contributed by atoms with Gasteiger partial charge >= 0.3 is 0 Å². The largest absolute Gasteiger partial charge is 0.378 e. The lowest BCUT2D eigenvalue weighted by atomic mass is 10.1. The SMILES string of the molecule is CC.Cc1cc(F)cc(Cn2ccc(-c3cn(S)c4ncc(N5CCOCC5)cc34)cc2=O)c1. The first-order valence-electron chi connectivity index (χ1n) is 11.5. The zero-order valence-electron chi connectivity index (χ0n) is 19.7. The molecule has 4 heterocycles. The molecule has 0 spiro atoms. The van der Waals surface area contributed by atoms with E-state index in [2.05, 4.69) is 28.8 Å². The second-order valence-corrected chi connectivity index (χ2v) is 8.50. The van der Waals surface area contributed by atoms with E-state index in [1.807, 2.05) is 45.3 Å². The van der Waals surface area contributed by atoms with Crippen molar-refractivity contribution in [1.29, 1.82) is 0 Å². The summed E-state index contributed by atoms with van der Waals surface area (Å²) < 4.78 is 22.4. The van der Waals surface area contributed by atoms with Gasteiger partial charge in [-0.15, -0.1) is 0 Å². The maximum absolute atomic E-state index is 13.7. The second kappa shape index (κ2) is 10.4. The summed E-state index contributed by atoms with van der Waals surface area (Å²) >= 11 is 4.52. The van der Waals surface area contributed by atoms with E-state index in [-0.39, 0.29) is 11.4 Å². The summed E-state index contributed by atoms with van der Waals surface area (Å²) in [7, 11) is 0. The molecule has 0 bridgehead atoms. The zero-order valence-corrected chi connectivity index (χ0v) is 20.6. The van der Waals surface area contributed by atoms with Crippen molar-refractivity contribution in [3.63, 3.8) is 0 Å². The molecule has 0 amide bonds. The minimum atomic E-state index is -0.296. The molecule has 5 rings (SSSR count). The molecule has 0 radical (unpaired) electrons. The summed E-state index contributed by atoms with van der Waals surface area (Å²) in [6.07, 6.45) is 5.47. The van der Waals surface area contributed by atoms with Gasteiger partial charge in [0.25, 0.3) is 5.56 Å². The van der Waals surface area contributed by atoms with E-state index < -0.39 is 0 Å². The number of benzene rings is 1. The van der Waals surface area contributed by atoms with Crippen molar-refractivity contribution >= 4 is 29.5 Å². The van der Waals surface area contributed by atoms with Gasteiger partial charge in [0.2, 0.25) is 0 Å². The Morgan fingerprint density at radius 3 is 2.59 bits per heavy atom. The van der Waals surface area contributed by atoms with Crippen LogP contribution in [-0.2, 0) is 11.3 Å². The lowest BCUT2D eigenvalue weighted by molar-refractivity contribution is 0.122. The lowest BCUT2D eigenvalue weighted by Crippen LogP contribution is -2.36. The average molecular weight is 481 g/mol. The Balaban J connectivity index is 0.00000133. The van der Waals surface area contributed by atoms with Crippen LogP contribution in [0, 0.1) is 12.7 Å². The summed E-state index contributed by atoms with van der Waals surface area (Å²) in [5, 5.41) is 0.932.